The minimum Gasteiger partial charge on any atom is -0.299 e. The molecule has 1 fully saturated rings. The maximum absolute atomic E-state index is 12.3. The number of piperidine rings is 1. The summed E-state index contributed by atoms with van der Waals surface area (Å²) in [4.78, 5) is 18.4. The largest absolute Gasteiger partial charge is 0.299 e. The first kappa shape index (κ1) is 15.6. The van der Waals surface area contributed by atoms with Crippen LogP contribution < -0.4 is 0 Å². The first-order valence-electron chi connectivity index (χ1n) is 7.21. The fourth-order valence-corrected chi connectivity index (χ4v) is 2.92. The van der Waals surface area contributed by atoms with Gasteiger partial charge in [-0.1, -0.05) is 20.8 Å². The van der Waals surface area contributed by atoms with Gasteiger partial charge in [0, 0.05) is 12.3 Å². The Morgan fingerprint density at radius 1 is 1.33 bits per heavy atom. The highest BCUT2D eigenvalue weighted by molar-refractivity contribution is 5.84. The van der Waals surface area contributed by atoms with Gasteiger partial charge in [-0.3, -0.25) is 9.63 Å². The van der Waals surface area contributed by atoms with Crippen LogP contribution >= 0.6 is 0 Å². The van der Waals surface area contributed by atoms with Gasteiger partial charge in [0.15, 0.2) is 0 Å². The summed E-state index contributed by atoms with van der Waals surface area (Å²) in [6.45, 7) is 14.7. The fraction of sp³-hybridized carbons (Fsp3) is 0.933. The summed E-state index contributed by atoms with van der Waals surface area (Å²) in [5.41, 5.74) is -0.386. The molecule has 1 rings (SSSR count). The second-order valence-corrected chi connectivity index (χ2v) is 6.37. The van der Waals surface area contributed by atoms with Crippen molar-refractivity contribution < 1.29 is 9.63 Å². The third-order valence-corrected chi connectivity index (χ3v) is 4.72. The van der Waals surface area contributed by atoms with Gasteiger partial charge in [-0.2, -0.15) is 5.06 Å². The third kappa shape index (κ3) is 2.48. The van der Waals surface area contributed by atoms with Crippen molar-refractivity contribution in [2.45, 2.75) is 84.9 Å². The maximum atomic E-state index is 12.3. The second kappa shape index (κ2) is 5.30. The lowest BCUT2D eigenvalue weighted by Crippen LogP contribution is -2.66. The molecule has 0 aliphatic carbocycles. The lowest BCUT2D eigenvalue weighted by atomic mass is 9.70. The maximum Gasteiger partial charge on any atom is 0.139 e. The molecule has 3 nitrogen and oxygen atoms in total. The number of hydrogen-bond acceptors (Lipinski definition) is 3. The Kier molecular flexibility index (Phi) is 4.60. The molecule has 0 saturated carbocycles. The molecule has 1 aliphatic heterocycles. The number of nitrogens with zero attached hydrogens (tertiary/aromatic N) is 1. The van der Waals surface area contributed by atoms with Gasteiger partial charge in [0.2, 0.25) is 0 Å². The van der Waals surface area contributed by atoms with E-state index in [1.54, 1.807) is 0 Å². The minimum absolute atomic E-state index is 0.0286. The monoisotopic (exact) mass is 255 g/mol. The summed E-state index contributed by atoms with van der Waals surface area (Å²) in [6.07, 6.45) is 2.57. The summed E-state index contributed by atoms with van der Waals surface area (Å²) >= 11 is 0. The van der Waals surface area contributed by atoms with Gasteiger partial charge in [0.25, 0.3) is 0 Å². The van der Waals surface area contributed by atoms with Crippen molar-refractivity contribution in [1.29, 1.82) is 0 Å². The highest BCUT2D eigenvalue weighted by Crippen LogP contribution is 2.44. The highest BCUT2D eigenvalue weighted by Gasteiger charge is 2.53. The average molecular weight is 255 g/mol. The van der Waals surface area contributed by atoms with Crippen LogP contribution in [0.4, 0.5) is 0 Å². The average Bonchev–Trinajstić information content (AvgIpc) is 2.32. The predicted molar refractivity (Wildman–Crippen MR) is 74.2 cm³/mol. The van der Waals surface area contributed by atoms with Crippen LogP contribution in [0.5, 0.6) is 0 Å². The summed E-state index contributed by atoms with van der Waals surface area (Å²) in [6, 6.07) is 0. The van der Waals surface area contributed by atoms with E-state index < -0.39 is 0 Å². The van der Waals surface area contributed by atoms with E-state index >= 15 is 0 Å². The number of hydroxylamine groups is 2. The first-order valence-corrected chi connectivity index (χ1v) is 7.21. The molecule has 3 atom stereocenters. The van der Waals surface area contributed by atoms with Crippen molar-refractivity contribution in [3.05, 3.63) is 0 Å². The Hall–Kier alpha value is -0.410. The highest BCUT2D eigenvalue weighted by atomic mass is 16.7. The molecular formula is C15H29NO2. The fourth-order valence-electron chi connectivity index (χ4n) is 2.92. The van der Waals surface area contributed by atoms with Gasteiger partial charge in [-0.25, -0.2) is 0 Å². The molecule has 0 N–H and O–H groups in total. The molecule has 1 heterocycles. The van der Waals surface area contributed by atoms with Crippen LogP contribution in [0, 0.1) is 5.92 Å². The molecule has 0 aromatic carbocycles. The van der Waals surface area contributed by atoms with Crippen molar-refractivity contribution >= 4 is 5.78 Å². The van der Waals surface area contributed by atoms with Gasteiger partial charge in [-0.15, -0.1) is 0 Å². The molecule has 0 aromatic heterocycles. The van der Waals surface area contributed by atoms with Crippen molar-refractivity contribution in [2.24, 2.45) is 5.92 Å². The number of carbonyl (C=O) groups excluding carboxylic acids is 1. The topological polar surface area (TPSA) is 29.5 Å². The zero-order valence-corrected chi connectivity index (χ0v) is 13.0. The predicted octanol–water partition coefficient (Wildman–Crippen LogP) is 3.57. The van der Waals surface area contributed by atoms with E-state index in [0.717, 1.165) is 12.8 Å². The SMILES string of the molecule is CCC1(C)CC(=O)C(C)C(C)(CC)N1OC(C)C. The molecule has 3 unspecified atom stereocenters. The molecule has 0 radical (unpaired) electrons. The van der Waals surface area contributed by atoms with Crippen LogP contribution in [-0.4, -0.2) is 28.0 Å². The quantitative estimate of drug-likeness (QED) is 0.769. The van der Waals surface area contributed by atoms with Crippen molar-refractivity contribution in [3.8, 4) is 0 Å². The van der Waals surface area contributed by atoms with Gasteiger partial charge < -0.3 is 0 Å². The van der Waals surface area contributed by atoms with Crippen molar-refractivity contribution in [2.75, 3.05) is 0 Å². The first-order chi connectivity index (χ1) is 8.21. The summed E-state index contributed by atoms with van der Waals surface area (Å²) in [5.74, 6) is 0.396. The third-order valence-electron chi connectivity index (χ3n) is 4.72. The molecule has 1 saturated heterocycles. The molecule has 18 heavy (non-hydrogen) atoms. The van der Waals surface area contributed by atoms with Gasteiger partial charge in [0.05, 0.1) is 17.2 Å². The van der Waals surface area contributed by atoms with Gasteiger partial charge in [-0.05, 0) is 40.5 Å². The molecule has 106 valence electrons. The molecule has 3 heteroatoms. The number of carbonyl (C=O) groups is 1. The van der Waals surface area contributed by atoms with E-state index in [9.17, 15) is 4.79 Å². The zero-order chi connectivity index (χ0) is 14.1. The summed E-state index contributed by atoms with van der Waals surface area (Å²) in [5, 5.41) is 2.14. The van der Waals surface area contributed by atoms with Crippen LogP contribution in [0.15, 0.2) is 0 Å². The Labute approximate surface area is 112 Å². The van der Waals surface area contributed by atoms with E-state index in [-0.39, 0.29) is 23.1 Å². The van der Waals surface area contributed by atoms with E-state index in [1.165, 1.54) is 0 Å². The molecule has 0 aromatic rings. The number of rotatable bonds is 4. The Bertz CT molecular complexity index is 316. The van der Waals surface area contributed by atoms with E-state index in [2.05, 4.69) is 32.8 Å². The molecule has 0 spiro atoms. The van der Waals surface area contributed by atoms with Crippen LogP contribution in [0.1, 0.15) is 67.7 Å². The van der Waals surface area contributed by atoms with E-state index in [1.807, 2.05) is 20.8 Å². The minimum atomic E-state index is -0.204. The molecule has 0 amide bonds. The van der Waals surface area contributed by atoms with Crippen LogP contribution in [0.2, 0.25) is 0 Å². The summed E-state index contributed by atoms with van der Waals surface area (Å²) in [7, 11) is 0. The van der Waals surface area contributed by atoms with E-state index in [4.69, 9.17) is 4.84 Å². The van der Waals surface area contributed by atoms with Gasteiger partial charge in [0.1, 0.15) is 5.78 Å². The van der Waals surface area contributed by atoms with Crippen LogP contribution in [-0.2, 0) is 9.63 Å². The van der Waals surface area contributed by atoms with Crippen LogP contribution in [0.25, 0.3) is 0 Å². The Morgan fingerprint density at radius 3 is 2.28 bits per heavy atom. The normalized spacial score (nSPS) is 38.4. The van der Waals surface area contributed by atoms with Gasteiger partial charge >= 0.3 is 0 Å². The Balaban J connectivity index is 3.19. The summed E-state index contributed by atoms with van der Waals surface area (Å²) < 4.78 is 0. The molecule has 1 aliphatic rings. The number of ketones is 1. The standard InChI is InChI=1S/C15H29NO2/c1-8-14(6)10-13(17)12(5)15(7,9-2)16(14)18-11(3)4/h11-12H,8-10H2,1-7H3. The number of hydrogen-bond donors (Lipinski definition) is 0. The second-order valence-electron chi connectivity index (χ2n) is 6.37. The van der Waals surface area contributed by atoms with Crippen LogP contribution in [0.3, 0.4) is 0 Å². The Morgan fingerprint density at radius 2 is 1.89 bits per heavy atom. The van der Waals surface area contributed by atoms with E-state index in [0.29, 0.717) is 12.2 Å². The lowest BCUT2D eigenvalue weighted by molar-refractivity contribution is -0.310. The molecular weight excluding hydrogens is 226 g/mol. The van der Waals surface area contributed by atoms with Crippen molar-refractivity contribution in [1.82, 2.24) is 5.06 Å². The number of Topliss-reactive ketones (excluding diaryl/α,β-unsaturated/α-hetero) is 1. The smallest absolute Gasteiger partial charge is 0.139 e. The molecule has 0 bridgehead atoms. The lowest BCUT2D eigenvalue weighted by Gasteiger charge is -2.56. The zero-order valence-electron chi connectivity index (χ0n) is 13.0. The van der Waals surface area contributed by atoms with Crippen molar-refractivity contribution in [3.63, 3.8) is 0 Å².